The number of benzene rings is 1. The highest BCUT2D eigenvalue weighted by Crippen LogP contribution is 2.26. The summed E-state index contributed by atoms with van der Waals surface area (Å²) in [7, 11) is 0. The van der Waals surface area contributed by atoms with Gasteiger partial charge < -0.3 is 5.32 Å². The van der Waals surface area contributed by atoms with E-state index in [-0.39, 0.29) is 5.91 Å². The molecular formula is C18H16N2OS. The van der Waals surface area contributed by atoms with E-state index in [4.69, 9.17) is 0 Å². The molecule has 0 saturated carbocycles. The summed E-state index contributed by atoms with van der Waals surface area (Å²) in [6.07, 6.45) is 2.60. The normalized spacial score (nSPS) is 10.4. The molecule has 0 aliphatic heterocycles. The predicted molar refractivity (Wildman–Crippen MR) is 90.0 cm³/mol. The Labute approximate surface area is 133 Å². The van der Waals surface area contributed by atoms with Gasteiger partial charge >= 0.3 is 0 Å². The van der Waals surface area contributed by atoms with Crippen LogP contribution in [0.4, 0.5) is 0 Å². The average Bonchev–Trinajstić information content (AvgIpc) is 3.07. The summed E-state index contributed by atoms with van der Waals surface area (Å²) in [5, 5.41) is 2.96. The summed E-state index contributed by atoms with van der Waals surface area (Å²) in [5.74, 6) is -0.0249. The molecule has 1 amide bonds. The van der Waals surface area contributed by atoms with E-state index in [9.17, 15) is 4.79 Å². The van der Waals surface area contributed by atoms with E-state index in [1.54, 1.807) is 6.20 Å². The van der Waals surface area contributed by atoms with Crippen LogP contribution in [0.25, 0.3) is 10.6 Å². The van der Waals surface area contributed by atoms with Gasteiger partial charge in [-0.2, -0.15) is 0 Å². The lowest BCUT2D eigenvalue weighted by atomic mass is 10.1. The number of aromatic nitrogens is 1. The zero-order chi connectivity index (χ0) is 15.2. The van der Waals surface area contributed by atoms with Crippen molar-refractivity contribution in [3.8, 4) is 10.6 Å². The first kappa shape index (κ1) is 14.5. The van der Waals surface area contributed by atoms with E-state index < -0.39 is 0 Å². The van der Waals surface area contributed by atoms with E-state index in [2.05, 4.69) is 22.4 Å². The summed E-state index contributed by atoms with van der Waals surface area (Å²) in [6.45, 7) is 0.639. The van der Waals surface area contributed by atoms with Crippen LogP contribution in [0.5, 0.6) is 0 Å². The Morgan fingerprint density at radius 3 is 2.59 bits per heavy atom. The Kier molecular flexibility index (Phi) is 4.61. The van der Waals surface area contributed by atoms with Crippen LogP contribution in [-0.4, -0.2) is 17.4 Å². The highest BCUT2D eigenvalue weighted by Gasteiger charge is 2.10. The van der Waals surface area contributed by atoms with Gasteiger partial charge in [0, 0.05) is 12.7 Å². The maximum atomic E-state index is 12.2. The number of thiophene rings is 1. The van der Waals surface area contributed by atoms with Gasteiger partial charge in [0.1, 0.15) is 0 Å². The lowest BCUT2D eigenvalue weighted by Crippen LogP contribution is -2.24. The van der Waals surface area contributed by atoms with Crippen LogP contribution < -0.4 is 5.32 Å². The molecule has 1 aromatic carbocycles. The smallest absolute Gasteiger partial charge is 0.261 e. The Hall–Kier alpha value is -2.46. The summed E-state index contributed by atoms with van der Waals surface area (Å²) in [4.78, 5) is 18.2. The molecule has 0 fully saturated rings. The van der Waals surface area contributed by atoms with E-state index in [1.165, 1.54) is 16.9 Å². The van der Waals surface area contributed by atoms with Gasteiger partial charge in [0.25, 0.3) is 5.91 Å². The number of carbonyl (C=O) groups is 1. The van der Waals surface area contributed by atoms with Crippen LogP contribution >= 0.6 is 11.3 Å². The van der Waals surface area contributed by atoms with Crippen molar-refractivity contribution in [1.29, 1.82) is 0 Å². The van der Waals surface area contributed by atoms with Crippen LogP contribution in [0.1, 0.15) is 15.2 Å². The van der Waals surface area contributed by atoms with Crippen LogP contribution in [0.3, 0.4) is 0 Å². The fraction of sp³-hybridized carbons (Fsp3) is 0.111. The molecule has 3 nitrogen and oxygen atoms in total. The fourth-order valence-corrected chi connectivity index (χ4v) is 3.06. The second-order valence-corrected chi connectivity index (χ2v) is 5.95. The second-order valence-electron chi connectivity index (χ2n) is 4.87. The molecule has 0 aliphatic carbocycles. The summed E-state index contributed by atoms with van der Waals surface area (Å²) in [5.41, 5.74) is 2.12. The molecule has 22 heavy (non-hydrogen) atoms. The fourth-order valence-electron chi connectivity index (χ4n) is 2.16. The first-order valence-corrected chi connectivity index (χ1v) is 7.98. The third kappa shape index (κ3) is 3.59. The van der Waals surface area contributed by atoms with Gasteiger partial charge in [0.2, 0.25) is 0 Å². The van der Waals surface area contributed by atoms with Crippen LogP contribution in [-0.2, 0) is 6.42 Å². The Morgan fingerprint density at radius 1 is 1.00 bits per heavy atom. The molecule has 0 bridgehead atoms. The van der Waals surface area contributed by atoms with Gasteiger partial charge in [0.05, 0.1) is 15.4 Å². The molecule has 1 N–H and O–H groups in total. The second kappa shape index (κ2) is 7.00. The summed E-state index contributed by atoms with van der Waals surface area (Å²) < 4.78 is 0. The number of carbonyl (C=O) groups excluding carboxylic acids is 1. The molecule has 2 heterocycles. The van der Waals surface area contributed by atoms with Gasteiger partial charge in [0.15, 0.2) is 0 Å². The number of hydrogen-bond acceptors (Lipinski definition) is 3. The highest BCUT2D eigenvalue weighted by atomic mass is 32.1. The van der Waals surface area contributed by atoms with E-state index in [0.29, 0.717) is 11.4 Å². The van der Waals surface area contributed by atoms with Crippen LogP contribution in [0.2, 0.25) is 0 Å². The molecule has 0 aliphatic rings. The maximum absolute atomic E-state index is 12.2. The number of rotatable bonds is 5. The van der Waals surface area contributed by atoms with Crippen molar-refractivity contribution < 1.29 is 4.79 Å². The molecule has 2 aromatic heterocycles. The van der Waals surface area contributed by atoms with Crippen molar-refractivity contribution in [2.75, 3.05) is 6.54 Å². The standard InChI is InChI=1S/C18H16N2OS/c21-18(20-13-11-14-6-2-1-3-7-14)17-10-9-16(22-17)15-8-4-5-12-19-15/h1-10,12H,11,13H2,(H,20,21). The SMILES string of the molecule is O=C(NCCc1ccccc1)c1ccc(-c2ccccn2)s1. The number of nitrogens with one attached hydrogen (secondary N) is 1. The van der Waals surface area contributed by atoms with Crippen LogP contribution in [0.15, 0.2) is 66.9 Å². The molecule has 0 spiro atoms. The van der Waals surface area contributed by atoms with Crippen LogP contribution in [0, 0.1) is 0 Å². The van der Waals surface area contributed by atoms with Crippen molar-refractivity contribution in [2.45, 2.75) is 6.42 Å². The number of pyridine rings is 1. The zero-order valence-corrected chi connectivity index (χ0v) is 12.8. The van der Waals surface area contributed by atoms with Crippen molar-refractivity contribution in [3.63, 3.8) is 0 Å². The molecule has 3 rings (SSSR count). The molecular weight excluding hydrogens is 292 g/mol. The minimum absolute atomic E-state index is 0.0249. The molecule has 110 valence electrons. The van der Waals surface area contributed by atoms with Crippen molar-refractivity contribution in [3.05, 3.63) is 77.3 Å². The molecule has 0 saturated heterocycles. The lowest BCUT2D eigenvalue weighted by Gasteiger charge is -2.03. The summed E-state index contributed by atoms with van der Waals surface area (Å²) >= 11 is 1.47. The number of nitrogens with zero attached hydrogens (tertiary/aromatic N) is 1. The average molecular weight is 308 g/mol. The Balaban J connectivity index is 1.58. The third-order valence-electron chi connectivity index (χ3n) is 3.29. The first-order chi connectivity index (χ1) is 10.8. The third-order valence-corrected chi connectivity index (χ3v) is 4.40. The first-order valence-electron chi connectivity index (χ1n) is 7.16. The maximum Gasteiger partial charge on any atom is 0.261 e. The van der Waals surface area contributed by atoms with Crippen molar-refractivity contribution in [1.82, 2.24) is 10.3 Å². The minimum Gasteiger partial charge on any atom is -0.351 e. The van der Waals surface area contributed by atoms with Gasteiger partial charge in [-0.05, 0) is 36.2 Å². The highest BCUT2D eigenvalue weighted by molar-refractivity contribution is 7.17. The van der Waals surface area contributed by atoms with E-state index in [0.717, 1.165) is 17.0 Å². The topological polar surface area (TPSA) is 42.0 Å². The Morgan fingerprint density at radius 2 is 1.82 bits per heavy atom. The van der Waals surface area contributed by atoms with Gasteiger partial charge in [-0.3, -0.25) is 9.78 Å². The molecule has 4 heteroatoms. The largest absolute Gasteiger partial charge is 0.351 e. The number of hydrogen-bond donors (Lipinski definition) is 1. The van der Waals surface area contributed by atoms with E-state index >= 15 is 0 Å². The molecule has 0 unspecified atom stereocenters. The minimum atomic E-state index is -0.0249. The molecule has 3 aromatic rings. The quantitative estimate of drug-likeness (QED) is 0.779. The van der Waals surface area contributed by atoms with Gasteiger partial charge in [-0.25, -0.2) is 0 Å². The Bertz CT molecular complexity index is 738. The van der Waals surface area contributed by atoms with Crippen molar-refractivity contribution >= 4 is 17.2 Å². The van der Waals surface area contributed by atoms with Gasteiger partial charge in [-0.1, -0.05) is 36.4 Å². The zero-order valence-electron chi connectivity index (χ0n) is 12.0. The van der Waals surface area contributed by atoms with Gasteiger partial charge in [-0.15, -0.1) is 11.3 Å². The predicted octanol–water partition coefficient (Wildman–Crippen LogP) is 3.78. The monoisotopic (exact) mass is 308 g/mol. The number of amides is 1. The van der Waals surface area contributed by atoms with E-state index in [1.807, 2.05) is 48.5 Å². The molecule has 0 atom stereocenters. The lowest BCUT2D eigenvalue weighted by molar-refractivity contribution is 0.0958. The summed E-state index contributed by atoms with van der Waals surface area (Å²) in [6, 6.07) is 19.7. The van der Waals surface area contributed by atoms with Crippen molar-refractivity contribution in [2.24, 2.45) is 0 Å². The molecule has 0 radical (unpaired) electrons.